The number of rotatable bonds is 3. The van der Waals surface area contributed by atoms with Crippen LogP contribution in [-0.4, -0.2) is 12.4 Å². The third kappa shape index (κ3) is 4.22. The van der Waals surface area contributed by atoms with Crippen molar-refractivity contribution in [3.8, 4) is 0 Å². The van der Waals surface area contributed by atoms with Crippen molar-refractivity contribution in [2.75, 3.05) is 6.54 Å². The Morgan fingerprint density at radius 2 is 2.13 bits per heavy atom. The van der Waals surface area contributed by atoms with E-state index in [0.29, 0.717) is 5.84 Å². The van der Waals surface area contributed by atoms with Crippen molar-refractivity contribution in [1.29, 1.82) is 0 Å². The van der Waals surface area contributed by atoms with Crippen molar-refractivity contribution >= 4 is 28.8 Å². The lowest BCUT2D eigenvalue weighted by Gasteiger charge is -2.17. The van der Waals surface area contributed by atoms with Gasteiger partial charge in [-0.1, -0.05) is 32.4 Å². The average Bonchev–Trinajstić information content (AvgIpc) is 2.49. The van der Waals surface area contributed by atoms with Gasteiger partial charge < -0.3 is 5.73 Å². The molecule has 0 aliphatic rings. The van der Waals surface area contributed by atoms with Crippen LogP contribution in [-0.2, 0) is 6.42 Å². The maximum Gasteiger partial charge on any atom is 0.0991 e. The molecule has 1 heterocycles. The van der Waals surface area contributed by atoms with Crippen LogP contribution in [0.1, 0.15) is 25.6 Å². The molecule has 0 aliphatic heterocycles. The largest absolute Gasteiger partial charge is 0.387 e. The van der Waals surface area contributed by atoms with E-state index in [1.165, 1.54) is 4.88 Å². The Hall–Kier alpha value is -0.540. The summed E-state index contributed by atoms with van der Waals surface area (Å²) in [6.45, 7) is 6.93. The van der Waals surface area contributed by atoms with Gasteiger partial charge in [-0.25, -0.2) is 0 Å². The SMILES string of the molecule is CC(C)(C)C(N)=NCCc1ccc(Cl)s1. The van der Waals surface area contributed by atoms with E-state index in [9.17, 15) is 0 Å². The van der Waals surface area contributed by atoms with Crippen molar-refractivity contribution in [3.63, 3.8) is 0 Å². The highest BCUT2D eigenvalue weighted by Crippen LogP contribution is 2.21. The second kappa shape index (κ2) is 4.99. The normalized spacial score (nSPS) is 13.2. The Morgan fingerprint density at radius 3 is 2.60 bits per heavy atom. The summed E-state index contributed by atoms with van der Waals surface area (Å²) in [7, 11) is 0. The summed E-state index contributed by atoms with van der Waals surface area (Å²) in [5.74, 6) is 0.713. The molecule has 1 aromatic heterocycles. The van der Waals surface area contributed by atoms with Gasteiger partial charge in [0.25, 0.3) is 0 Å². The smallest absolute Gasteiger partial charge is 0.0991 e. The van der Waals surface area contributed by atoms with E-state index in [1.807, 2.05) is 12.1 Å². The Labute approximate surface area is 100 Å². The van der Waals surface area contributed by atoms with E-state index < -0.39 is 0 Å². The van der Waals surface area contributed by atoms with Crippen LogP contribution < -0.4 is 5.73 Å². The topological polar surface area (TPSA) is 38.4 Å². The lowest BCUT2D eigenvalue weighted by atomic mass is 9.95. The number of hydrogen-bond acceptors (Lipinski definition) is 2. The fourth-order valence-electron chi connectivity index (χ4n) is 1.01. The Bertz CT molecular complexity index is 350. The zero-order valence-electron chi connectivity index (χ0n) is 9.38. The van der Waals surface area contributed by atoms with Gasteiger partial charge in [0.1, 0.15) is 0 Å². The molecule has 1 rings (SSSR count). The molecule has 0 aliphatic carbocycles. The predicted octanol–water partition coefficient (Wildman–Crippen LogP) is 3.35. The molecule has 0 radical (unpaired) electrons. The van der Waals surface area contributed by atoms with Crippen molar-refractivity contribution in [2.45, 2.75) is 27.2 Å². The second-order valence-electron chi connectivity index (χ2n) is 4.47. The van der Waals surface area contributed by atoms with Gasteiger partial charge in [0, 0.05) is 23.3 Å². The molecule has 0 spiro atoms. The third-order valence-corrected chi connectivity index (χ3v) is 3.33. The summed E-state index contributed by atoms with van der Waals surface area (Å²) >= 11 is 7.43. The molecule has 4 heteroatoms. The van der Waals surface area contributed by atoms with Gasteiger partial charge in [-0.3, -0.25) is 4.99 Å². The minimum absolute atomic E-state index is 0.0346. The van der Waals surface area contributed by atoms with Gasteiger partial charge >= 0.3 is 0 Å². The molecule has 0 fully saturated rings. The van der Waals surface area contributed by atoms with Crippen LogP contribution >= 0.6 is 22.9 Å². The van der Waals surface area contributed by atoms with E-state index in [-0.39, 0.29) is 5.41 Å². The molecule has 0 saturated carbocycles. The number of hydrogen-bond donors (Lipinski definition) is 1. The summed E-state index contributed by atoms with van der Waals surface area (Å²) < 4.78 is 0.831. The summed E-state index contributed by atoms with van der Waals surface area (Å²) in [5.41, 5.74) is 5.81. The number of nitrogens with two attached hydrogens (primary N) is 1. The highest BCUT2D eigenvalue weighted by Gasteiger charge is 2.14. The second-order valence-corrected chi connectivity index (χ2v) is 6.27. The Balaban J connectivity index is 2.45. The lowest BCUT2D eigenvalue weighted by Crippen LogP contribution is -2.29. The molecular formula is C11H17ClN2S. The Morgan fingerprint density at radius 1 is 1.47 bits per heavy atom. The number of thiophene rings is 1. The van der Waals surface area contributed by atoms with Crippen LogP contribution in [0, 0.1) is 5.41 Å². The molecule has 2 N–H and O–H groups in total. The summed E-state index contributed by atoms with van der Waals surface area (Å²) in [6, 6.07) is 3.95. The summed E-state index contributed by atoms with van der Waals surface area (Å²) in [5, 5.41) is 0. The molecule has 84 valence electrons. The van der Waals surface area contributed by atoms with Crippen LogP contribution in [0.2, 0.25) is 4.34 Å². The number of halogens is 1. The maximum absolute atomic E-state index is 5.85. The van der Waals surface area contributed by atoms with Gasteiger partial charge in [0.05, 0.1) is 10.2 Å². The fourth-order valence-corrected chi connectivity index (χ4v) is 2.09. The van der Waals surface area contributed by atoms with Gasteiger partial charge in [0.15, 0.2) is 0 Å². The van der Waals surface area contributed by atoms with Gasteiger partial charge in [-0.15, -0.1) is 11.3 Å². The molecule has 0 atom stereocenters. The van der Waals surface area contributed by atoms with Crippen LogP contribution in [0.5, 0.6) is 0 Å². The van der Waals surface area contributed by atoms with E-state index in [0.717, 1.165) is 17.3 Å². The maximum atomic E-state index is 5.85. The van der Waals surface area contributed by atoms with E-state index in [4.69, 9.17) is 17.3 Å². The van der Waals surface area contributed by atoms with Gasteiger partial charge in [-0.05, 0) is 12.1 Å². The van der Waals surface area contributed by atoms with Gasteiger partial charge in [0.2, 0.25) is 0 Å². The van der Waals surface area contributed by atoms with Crippen molar-refractivity contribution in [1.82, 2.24) is 0 Å². The fraction of sp³-hybridized carbons (Fsp3) is 0.545. The lowest BCUT2D eigenvalue weighted by molar-refractivity contribution is 0.581. The molecule has 0 aromatic carbocycles. The quantitative estimate of drug-likeness (QED) is 0.643. The first-order valence-corrected chi connectivity index (χ1v) is 6.13. The molecule has 0 bridgehead atoms. The first-order chi connectivity index (χ1) is 6.89. The molecule has 1 aromatic rings. The number of aliphatic imine (C=N–C) groups is 1. The van der Waals surface area contributed by atoms with E-state index >= 15 is 0 Å². The molecule has 0 unspecified atom stereocenters. The van der Waals surface area contributed by atoms with E-state index in [1.54, 1.807) is 11.3 Å². The van der Waals surface area contributed by atoms with Crippen LogP contribution in [0.15, 0.2) is 17.1 Å². The van der Waals surface area contributed by atoms with Crippen LogP contribution in [0.25, 0.3) is 0 Å². The molecule has 2 nitrogen and oxygen atoms in total. The average molecular weight is 245 g/mol. The summed E-state index contributed by atoms with van der Waals surface area (Å²) in [6.07, 6.45) is 0.911. The van der Waals surface area contributed by atoms with Crippen molar-refractivity contribution in [3.05, 3.63) is 21.3 Å². The van der Waals surface area contributed by atoms with Crippen molar-refractivity contribution in [2.24, 2.45) is 16.1 Å². The first-order valence-electron chi connectivity index (χ1n) is 4.94. The minimum Gasteiger partial charge on any atom is -0.387 e. The standard InChI is InChI=1S/C11H17ClN2S/c1-11(2,3)10(13)14-7-6-8-4-5-9(12)15-8/h4-5H,6-7H2,1-3H3,(H2,13,14). The molecular weight excluding hydrogens is 228 g/mol. The highest BCUT2D eigenvalue weighted by molar-refractivity contribution is 7.16. The monoisotopic (exact) mass is 244 g/mol. The zero-order chi connectivity index (χ0) is 11.5. The Kier molecular flexibility index (Phi) is 4.17. The number of amidine groups is 1. The minimum atomic E-state index is -0.0346. The predicted molar refractivity (Wildman–Crippen MR) is 69.0 cm³/mol. The van der Waals surface area contributed by atoms with Crippen LogP contribution in [0.4, 0.5) is 0 Å². The third-order valence-electron chi connectivity index (χ3n) is 2.04. The highest BCUT2D eigenvalue weighted by atomic mass is 35.5. The first kappa shape index (κ1) is 12.5. The van der Waals surface area contributed by atoms with Crippen LogP contribution in [0.3, 0.4) is 0 Å². The molecule has 0 saturated heterocycles. The number of nitrogens with zero attached hydrogens (tertiary/aromatic N) is 1. The van der Waals surface area contributed by atoms with Gasteiger partial charge in [-0.2, -0.15) is 0 Å². The molecule has 15 heavy (non-hydrogen) atoms. The summed E-state index contributed by atoms with van der Waals surface area (Å²) in [4.78, 5) is 5.61. The molecule has 0 amide bonds. The van der Waals surface area contributed by atoms with E-state index in [2.05, 4.69) is 25.8 Å². The van der Waals surface area contributed by atoms with Crippen molar-refractivity contribution < 1.29 is 0 Å². The zero-order valence-corrected chi connectivity index (χ0v) is 11.0.